The Hall–Kier alpha value is -0.650. The summed E-state index contributed by atoms with van der Waals surface area (Å²) >= 11 is 0. The number of hydrogen-bond acceptors (Lipinski definition) is 5. The van der Waals surface area contributed by atoms with Gasteiger partial charge < -0.3 is 18.9 Å². The molecule has 0 aromatic heterocycles. The molecule has 1 aliphatic carbocycles. The maximum absolute atomic E-state index is 11.2. The van der Waals surface area contributed by atoms with Crippen molar-refractivity contribution in [1.29, 1.82) is 0 Å². The minimum absolute atomic E-state index is 0.0152. The lowest BCUT2D eigenvalue weighted by Crippen LogP contribution is -2.53. The van der Waals surface area contributed by atoms with Gasteiger partial charge in [0.05, 0.1) is 6.10 Å². The Morgan fingerprint density at radius 2 is 1.89 bits per heavy atom. The van der Waals surface area contributed by atoms with Crippen LogP contribution in [0.2, 0.25) is 0 Å². The molecule has 1 heterocycles. The molecule has 5 atom stereocenters. The van der Waals surface area contributed by atoms with E-state index >= 15 is 0 Å². The molecule has 0 bridgehead atoms. The zero-order valence-corrected chi connectivity index (χ0v) is 11.6. The maximum atomic E-state index is 11.2. The molecule has 1 aliphatic heterocycles. The smallest absolute Gasteiger partial charge is 0.303 e. The average molecular weight is 258 g/mol. The highest BCUT2D eigenvalue weighted by Gasteiger charge is 2.54. The molecule has 2 aliphatic rings. The van der Waals surface area contributed by atoms with Crippen molar-refractivity contribution in [3.63, 3.8) is 0 Å². The molecule has 5 heteroatoms. The van der Waals surface area contributed by atoms with E-state index in [-0.39, 0.29) is 36.3 Å². The summed E-state index contributed by atoms with van der Waals surface area (Å²) in [5, 5.41) is 0. The lowest BCUT2D eigenvalue weighted by atomic mass is 9.81. The normalized spacial score (nSPS) is 42.4. The van der Waals surface area contributed by atoms with E-state index in [9.17, 15) is 4.79 Å². The summed E-state index contributed by atoms with van der Waals surface area (Å²) in [6.07, 6.45) is 0.0945. The van der Waals surface area contributed by atoms with Gasteiger partial charge in [0.15, 0.2) is 5.79 Å². The van der Waals surface area contributed by atoms with Gasteiger partial charge in [-0.2, -0.15) is 0 Å². The first-order valence-electron chi connectivity index (χ1n) is 6.39. The fourth-order valence-corrected chi connectivity index (χ4v) is 2.92. The van der Waals surface area contributed by atoms with Crippen molar-refractivity contribution in [1.82, 2.24) is 0 Å². The topological polar surface area (TPSA) is 54.0 Å². The molecule has 104 valence electrons. The largest absolute Gasteiger partial charge is 0.459 e. The number of ether oxygens (including phenoxy) is 4. The van der Waals surface area contributed by atoms with E-state index in [0.717, 1.165) is 6.42 Å². The summed E-state index contributed by atoms with van der Waals surface area (Å²) in [7, 11) is 1.68. The number of fused-ring (bicyclic) bond motifs is 1. The van der Waals surface area contributed by atoms with Crippen LogP contribution in [-0.4, -0.2) is 43.3 Å². The zero-order chi connectivity index (χ0) is 13.5. The standard InChI is InChI=1S/C13H22O5/c1-7-6-9(15-5)11-12(10(7)16-8(2)14)18-13(3,4)17-11/h7,9-12H,6H2,1-5H3/t7-,9-,10-,11+,12-/m0/s1. The Labute approximate surface area is 108 Å². The van der Waals surface area contributed by atoms with Crippen LogP contribution < -0.4 is 0 Å². The highest BCUT2D eigenvalue weighted by Crippen LogP contribution is 2.41. The first-order chi connectivity index (χ1) is 8.34. The van der Waals surface area contributed by atoms with Crippen molar-refractivity contribution in [3.8, 4) is 0 Å². The summed E-state index contributed by atoms with van der Waals surface area (Å²) in [5.41, 5.74) is 0. The fraction of sp³-hybridized carbons (Fsp3) is 0.923. The van der Waals surface area contributed by atoms with Gasteiger partial charge in [0.25, 0.3) is 0 Å². The van der Waals surface area contributed by atoms with Gasteiger partial charge in [0, 0.05) is 14.0 Å². The molecule has 2 fully saturated rings. The molecule has 0 N–H and O–H groups in total. The molecule has 0 spiro atoms. The summed E-state index contributed by atoms with van der Waals surface area (Å²) < 4.78 is 22.6. The van der Waals surface area contributed by atoms with E-state index in [1.54, 1.807) is 7.11 Å². The number of methoxy groups -OCH3 is 1. The van der Waals surface area contributed by atoms with E-state index in [2.05, 4.69) is 0 Å². The molecule has 18 heavy (non-hydrogen) atoms. The van der Waals surface area contributed by atoms with Gasteiger partial charge in [-0.05, 0) is 26.2 Å². The summed E-state index contributed by atoms with van der Waals surface area (Å²) in [6.45, 7) is 7.21. The average Bonchev–Trinajstić information content (AvgIpc) is 2.57. The minimum atomic E-state index is -0.658. The van der Waals surface area contributed by atoms with Crippen LogP contribution in [0.15, 0.2) is 0 Å². The van der Waals surface area contributed by atoms with Gasteiger partial charge in [-0.25, -0.2) is 0 Å². The minimum Gasteiger partial charge on any atom is -0.459 e. The zero-order valence-electron chi connectivity index (χ0n) is 11.6. The van der Waals surface area contributed by atoms with Gasteiger partial charge in [0.2, 0.25) is 0 Å². The monoisotopic (exact) mass is 258 g/mol. The molecule has 1 saturated heterocycles. The van der Waals surface area contributed by atoms with Gasteiger partial charge in [-0.15, -0.1) is 0 Å². The molecule has 0 unspecified atom stereocenters. The maximum Gasteiger partial charge on any atom is 0.303 e. The Balaban J connectivity index is 2.20. The third kappa shape index (κ3) is 2.53. The molecule has 1 saturated carbocycles. The number of carbonyl (C=O) groups is 1. The highest BCUT2D eigenvalue weighted by atomic mass is 16.8. The van der Waals surface area contributed by atoms with Crippen LogP contribution in [0.1, 0.15) is 34.1 Å². The fourth-order valence-electron chi connectivity index (χ4n) is 2.92. The van der Waals surface area contributed by atoms with E-state index in [0.29, 0.717) is 0 Å². The Morgan fingerprint density at radius 1 is 1.28 bits per heavy atom. The van der Waals surface area contributed by atoms with Crippen molar-refractivity contribution < 1.29 is 23.7 Å². The van der Waals surface area contributed by atoms with Crippen LogP contribution >= 0.6 is 0 Å². The molecular weight excluding hydrogens is 236 g/mol. The van der Waals surface area contributed by atoms with Gasteiger partial charge >= 0.3 is 5.97 Å². The number of carbonyl (C=O) groups excluding carboxylic acids is 1. The SMILES string of the molecule is CO[C@H]1C[C@H](C)[C@H](OC(C)=O)[C@@H]2OC(C)(C)O[C@@H]21. The van der Waals surface area contributed by atoms with Gasteiger partial charge in [-0.3, -0.25) is 4.79 Å². The van der Waals surface area contributed by atoms with Gasteiger partial charge in [-0.1, -0.05) is 6.92 Å². The van der Waals surface area contributed by atoms with Crippen LogP contribution in [0.4, 0.5) is 0 Å². The summed E-state index contributed by atoms with van der Waals surface area (Å²) in [4.78, 5) is 11.2. The van der Waals surface area contributed by atoms with E-state index in [1.807, 2.05) is 20.8 Å². The second-order valence-corrected chi connectivity index (χ2v) is 5.63. The summed E-state index contributed by atoms with van der Waals surface area (Å²) in [6, 6.07) is 0. The van der Waals surface area contributed by atoms with E-state index < -0.39 is 5.79 Å². The molecule has 0 radical (unpaired) electrons. The quantitative estimate of drug-likeness (QED) is 0.702. The lowest BCUT2D eigenvalue weighted by molar-refractivity contribution is -0.174. The highest BCUT2D eigenvalue weighted by molar-refractivity contribution is 5.66. The second kappa shape index (κ2) is 4.79. The van der Waals surface area contributed by atoms with Crippen molar-refractivity contribution in [2.24, 2.45) is 5.92 Å². The first-order valence-corrected chi connectivity index (χ1v) is 6.39. The van der Waals surface area contributed by atoms with Crippen molar-refractivity contribution in [2.75, 3.05) is 7.11 Å². The third-order valence-electron chi connectivity index (χ3n) is 3.62. The molecule has 5 nitrogen and oxygen atoms in total. The van der Waals surface area contributed by atoms with Crippen molar-refractivity contribution >= 4 is 5.97 Å². The van der Waals surface area contributed by atoms with Crippen LogP contribution in [0.5, 0.6) is 0 Å². The molecule has 0 aromatic rings. The Kier molecular flexibility index (Phi) is 3.67. The van der Waals surface area contributed by atoms with E-state index in [4.69, 9.17) is 18.9 Å². The van der Waals surface area contributed by atoms with Crippen LogP contribution in [0.3, 0.4) is 0 Å². The number of esters is 1. The second-order valence-electron chi connectivity index (χ2n) is 5.63. The lowest BCUT2D eigenvalue weighted by Gasteiger charge is -2.39. The Bertz CT molecular complexity index is 327. The van der Waals surface area contributed by atoms with Crippen LogP contribution in [0.25, 0.3) is 0 Å². The van der Waals surface area contributed by atoms with Crippen molar-refractivity contribution in [3.05, 3.63) is 0 Å². The Morgan fingerprint density at radius 3 is 2.44 bits per heavy atom. The number of rotatable bonds is 2. The molecular formula is C13H22O5. The molecule has 2 rings (SSSR count). The van der Waals surface area contributed by atoms with Crippen molar-refractivity contribution in [2.45, 2.75) is 64.3 Å². The van der Waals surface area contributed by atoms with Crippen LogP contribution in [-0.2, 0) is 23.7 Å². The predicted octanol–water partition coefficient (Wildman–Crippen LogP) is 1.49. The third-order valence-corrected chi connectivity index (χ3v) is 3.62. The van der Waals surface area contributed by atoms with Gasteiger partial charge in [0.1, 0.15) is 18.3 Å². The molecule has 0 aromatic carbocycles. The first kappa shape index (κ1) is 13.8. The molecule has 0 amide bonds. The van der Waals surface area contributed by atoms with E-state index in [1.165, 1.54) is 6.92 Å². The predicted molar refractivity (Wildman–Crippen MR) is 64.0 cm³/mol. The number of hydrogen-bond donors (Lipinski definition) is 0. The summed E-state index contributed by atoms with van der Waals surface area (Å²) in [5.74, 6) is -0.749. The van der Waals surface area contributed by atoms with Crippen LogP contribution in [0, 0.1) is 5.92 Å².